The summed E-state index contributed by atoms with van der Waals surface area (Å²) < 4.78 is 5.39. The van der Waals surface area contributed by atoms with E-state index in [9.17, 15) is 14.7 Å². The number of carbonyl (C=O) groups is 2. The first kappa shape index (κ1) is 15.5. The maximum Gasteiger partial charge on any atom is 0.326 e. The number of nitrogens with one attached hydrogen (secondary N) is 1. The molecule has 2 rings (SSSR count). The average molecular weight is 291 g/mol. The molecule has 0 bridgehead atoms. The van der Waals surface area contributed by atoms with E-state index < -0.39 is 12.0 Å². The van der Waals surface area contributed by atoms with E-state index in [0.717, 1.165) is 18.4 Å². The largest absolute Gasteiger partial charge is 0.480 e. The van der Waals surface area contributed by atoms with Crippen LogP contribution < -0.4 is 5.32 Å². The van der Waals surface area contributed by atoms with Gasteiger partial charge in [-0.25, -0.2) is 4.79 Å². The molecule has 0 aromatic heterocycles. The number of hydrogen-bond donors (Lipinski definition) is 2. The van der Waals surface area contributed by atoms with Gasteiger partial charge in [0.05, 0.1) is 12.5 Å². The summed E-state index contributed by atoms with van der Waals surface area (Å²) in [6.45, 7) is 0.689. The Morgan fingerprint density at radius 3 is 2.71 bits per heavy atom. The molecule has 1 aromatic rings. The van der Waals surface area contributed by atoms with Crippen molar-refractivity contribution in [2.24, 2.45) is 0 Å². The first-order chi connectivity index (χ1) is 10.1. The van der Waals surface area contributed by atoms with Crippen LogP contribution in [0.2, 0.25) is 0 Å². The van der Waals surface area contributed by atoms with Crippen LogP contribution in [0.5, 0.6) is 0 Å². The third-order valence-electron chi connectivity index (χ3n) is 3.63. The lowest BCUT2D eigenvalue weighted by Gasteiger charge is -2.16. The van der Waals surface area contributed by atoms with Crippen LogP contribution in [-0.2, 0) is 20.7 Å². The summed E-state index contributed by atoms with van der Waals surface area (Å²) in [5, 5.41) is 11.8. The van der Waals surface area contributed by atoms with Crippen LogP contribution in [0, 0.1) is 0 Å². The molecule has 0 saturated carbocycles. The van der Waals surface area contributed by atoms with Crippen LogP contribution in [0.1, 0.15) is 31.2 Å². The van der Waals surface area contributed by atoms with E-state index in [4.69, 9.17) is 4.74 Å². The zero-order valence-electron chi connectivity index (χ0n) is 12.0. The Kier molecular flexibility index (Phi) is 5.75. The minimum absolute atomic E-state index is 0.0615. The van der Waals surface area contributed by atoms with Gasteiger partial charge in [0, 0.05) is 6.61 Å². The number of rotatable bonds is 7. The highest BCUT2D eigenvalue weighted by molar-refractivity contribution is 5.83. The molecule has 2 unspecified atom stereocenters. The molecule has 1 heterocycles. The van der Waals surface area contributed by atoms with Crippen LogP contribution in [0.3, 0.4) is 0 Å². The Morgan fingerprint density at radius 1 is 1.33 bits per heavy atom. The smallest absolute Gasteiger partial charge is 0.326 e. The van der Waals surface area contributed by atoms with E-state index in [1.807, 2.05) is 30.3 Å². The molecular formula is C16H21NO4. The third kappa shape index (κ3) is 5.19. The summed E-state index contributed by atoms with van der Waals surface area (Å²) in [7, 11) is 0. The van der Waals surface area contributed by atoms with Gasteiger partial charge in [-0.15, -0.1) is 0 Å². The fourth-order valence-electron chi connectivity index (χ4n) is 2.48. The number of aryl methyl sites for hydroxylation is 1. The molecule has 1 amide bonds. The zero-order valence-corrected chi connectivity index (χ0v) is 12.0. The van der Waals surface area contributed by atoms with Gasteiger partial charge in [0.15, 0.2) is 0 Å². The minimum atomic E-state index is -0.994. The molecule has 1 fully saturated rings. The lowest BCUT2D eigenvalue weighted by atomic mass is 10.0. The van der Waals surface area contributed by atoms with Gasteiger partial charge in [0.25, 0.3) is 0 Å². The lowest BCUT2D eigenvalue weighted by molar-refractivity contribution is -0.142. The summed E-state index contributed by atoms with van der Waals surface area (Å²) in [4.78, 5) is 23.1. The molecule has 5 heteroatoms. The molecular weight excluding hydrogens is 270 g/mol. The predicted octanol–water partition coefficient (Wildman–Crippen LogP) is 1.76. The highest BCUT2D eigenvalue weighted by Crippen LogP contribution is 2.15. The Morgan fingerprint density at radius 2 is 2.10 bits per heavy atom. The van der Waals surface area contributed by atoms with Crippen molar-refractivity contribution in [1.82, 2.24) is 5.32 Å². The number of amides is 1. The highest BCUT2D eigenvalue weighted by Gasteiger charge is 2.23. The van der Waals surface area contributed by atoms with Crippen LogP contribution in [0.25, 0.3) is 0 Å². The molecule has 1 aliphatic rings. The van der Waals surface area contributed by atoms with Crippen LogP contribution in [-0.4, -0.2) is 35.7 Å². The summed E-state index contributed by atoms with van der Waals surface area (Å²) in [5.41, 5.74) is 1.07. The van der Waals surface area contributed by atoms with E-state index in [2.05, 4.69) is 5.32 Å². The van der Waals surface area contributed by atoms with E-state index >= 15 is 0 Å². The van der Waals surface area contributed by atoms with Gasteiger partial charge in [-0.3, -0.25) is 4.79 Å². The number of carboxylic acid groups (broad SMARTS) is 1. The van der Waals surface area contributed by atoms with E-state index in [1.165, 1.54) is 0 Å². The standard InChI is InChI=1S/C16H21NO4/c18-15(11-13-7-4-10-21-13)17-14(16(19)20)9-8-12-5-2-1-3-6-12/h1-3,5-6,13-14H,4,7-11H2,(H,17,18)(H,19,20). The molecule has 0 aliphatic carbocycles. The number of benzene rings is 1. The average Bonchev–Trinajstić information content (AvgIpc) is 2.97. The minimum Gasteiger partial charge on any atom is -0.480 e. The van der Waals surface area contributed by atoms with Crippen molar-refractivity contribution >= 4 is 11.9 Å². The van der Waals surface area contributed by atoms with Crippen molar-refractivity contribution in [3.05, 3.63) is 35.9 Å². The fraction of sp³-hybridized carbons (Fsp3) is 0.500. The Hall–Kier alpha value is -1.88. The second kappa shape index (κ2) is 7.78. The van der Waals surface area contributed by atoms with E-state index in [-0.39, 0.29) is 18.4 Å². The van der Waals surface area contributed by atoms with Crippen molar-refractivity contribution in [3.63, 3.8) is 0 Å². The van der Waals surface area contributed by atoms with Gasteiger partial charge in [0.2, 0.25) is 5.91 Å². The van der Waals surface area contributed by atoms with Crippen molar-refractivity contribution in [2.75, 3.05) is 6.61 Å². The van der Waals surface area contributed by atoms with Gasteiger partial charge in [-0.05, 0) is 31.2 Å². The quantitative estimate of drug-likeness (QED) is 0.802. The van der Waals surface area contributed by atoms with Crippen molar-refractivity contribution < 1.29 is 19.4 Å². The molecule has 1 aromatic carbocycles. The summed E-state index contributed by atoms with van der Waals surface area (Å²) in [6, 6.07) is 8.81. The molecule has 0 radical (unpaired) electrons. The Labute approximate surface area is 124 Å². The lowest BCUT2D eigenvalue weighted by Crippen LogP contribution is -2.42. The number of carboxylic acids is 1. The second-order valence-corrected chi connectivity index (χ2v) is 5.32. The Bertz CT molecular complexity index is 468. The molecule has 114 valence electrons. The topological polar surface area (TPSA) is 75.6 Å². The Balaban J connectivity index is 1.81. The van der Waals surface area contributed by atoms with Crippen molar-refractivity contribution in [2.45, 2.75) is 44.2 Å². The first-order valence-electron chi connectivity index (χ1n) is 7.33. The number of aliphatic carboxylic acids is 1. The van der Waals surface area contributed by atoms with Gasteiger partial charge in [0.1, 0.15) is 6.04 Å². The normalized spacial score (nSPS) is 19.1. The first-order valence-corrected chi connectivity index (χ1v) is 7.33. The van der Waals surface area contributed by atoms with E-state index in [0.29, 0.717) is 19.4 Å². The molecule has 1 aliphatic heterocycles. The fourth-order valence-corrected chi connectivity index (χ4v) is 2.48. The van der Waals surface area contributed by atoms with Gasteiger partial charge < -0.3 is 15.2 Å². The maximum absolute atomic E-state index is 11.9. The van der Waals surface area contributed by atoms with E-state index in [1.54, 1.807) is 0 Å². The monoisotopic (exact) mass is 291 g/mol. The number of carbonyl (C=O) groups excluding carboxylic acids is 1. The number of ether oxygens (including phenoxy) is 1. The molecule has 21 heavy (non-hydrogen) atoms. The summed E-state index contributed by atoms with van der Waals surface area (Å²) >= 11 is 0. The van der Waals surface area contributed by atoms with Gasteiger partial charge >= 0.3 is 5.97 Å². The summed E-state index contributed by atoms with van der Waals surface area (Å²) in [5.74, 6) is -1.24. The SMILES string of the molecule is O=C(CC1CCCO1)NC(CCc1ccccc1)C(=O)O. The molecule has 2 atom stereocenters. The summed E-state index contributed by atoms with van der Waals surface area (Å²) in [6.07, 6.45) is 3.03. The van der Waals surface area contributed by atoms with Crippen molar-refractivity contribution in [1.29, 1.82) is 0 Å². The maximum atomic E-state index is 11.9. The molecule has 0 spiro atoms. The third-order valence-corrected chi connectivity index (χ3v) is 3.63. The van der Waals surface area contributed by atoms with Gasteiger partial charge in [-0.1, -0.05) is 30.3 Å². The van der Waals surface area contributed by atoms with Crippen LogP contribution in [0.15, 0.2) is 30.3 Å². The zero-order chi connectivity index (χ0) is 15.1. The van der Waals surface area contributed by atoms with Crippen molar-refractivity contribution in [3.8, 4) is 0 Å². The van der Waals surface area contributed by atoms with Crippen LogP contribution in [0.4, 0.5) is 0 Å². The van der Waals surface area contributed by atoms with Gasteiger partial charge in [-0.2, -0.15) is 0 Å². The number of hydrogen-bond acceptors (Lipinski definition) is 3. The predicted molar refractivity (Wildman–Crippen MR) is 77.9 cm³/mol. The second-order valence-electron chi connectivity index (χ2n) is 5.32. The van der Waals surface area contributed by atoms with Crippen LogP contribution >= 0.6 is 0 Å². The molecule has 1 saturated heterocycles. The highest BCUT2D eigenvalue weighted by atomic mass is 16.5. The molecule has 5 nitrogen and oxygen atoms in total. The molecule has 2 N–H and O–H groups in total.